The van der Waals surface area contributed by atoms with Gasteiger partial charge in [-0.25, -0.2) is 4.98 Å². The summed E-state index contributed by atoms with van der Waals surface area (Å²) in [6.45, 7) is 0.441. The molecule has 1 amide bonds. The van der Waals surface area contributed by atoms with Gasteiger partial charge in [0.2, 0.25) is 0 Å². The smallest absolute Gasteiger partial charge is 0.252 e. The highest BCUT2D eigenvalue weighted by Gasteiger charge is 2.19. The minimum Gasteiger partial charge on any atom is -0.350 e. The number of pyridine rings is 1. The molecule has 0 aliphatic carbocycles. The summed E-state index contributed by atoms with van der Waals surface area (Å²) in [5, 5.41) is 12.2. The number of nitrogens with one attached hydrogen (secondary N) is 2. The normalized spacial score (nSPS) is 11.9. The van der Waals surface area contributed by atoms with Crippen molar-refractivity contribution in [1.82, 2.24) is 25.1 Å². The van der Waals surface area contributed by atoms with Crippen LogP contribution in [0.25, 0.3) is 33.6 Å². The number of carbonyl (C=O) groups is 1. The molecule has 5 rings (SSSR count). The largest absolute Gasteiger partial charge is 0.350 e. The number of hydrogen-bond acceptors (Lipinski definition) is 3. The lowest BCUT2D eigenvalue weighted by Gasteiger charge is -2.09. The quantitative estimate of drug-likeness (QED) is 0.341. The van der Waals surface area contributed by atoms with Crippen LogP contribution in [0.5, 0.6) is 0 Å². The van der Waals surface area contributed by atoms with E-state index in [4.69, 9.17) is 0 Å². The SMILES string of the molecule is Cn1cc(/C(=C\c2[nH]nc3ncccc23)C(=O)NCc2ccccc2)c2cc(Br)ccc21. The van der Waals surface area contributed by atoms with Gasteiger partial charge in [0, 0.05) is 52.3 Å². The first-order valence-corrected chi connectivity index (χ1v) is 11.0. The van der Waals surface area contributed by atoms with Gasteiger partial charge < -0.3 is 9.88 Å². The van der Waals surface area contributed by atoms with E-state index in [2.05, 4.69) is 36.4 Å². The monoisotopic (exact) mass is 485 g/mol. The number of H-pyrrole nitrogens is 1. The number of benzene rings is 2. The second-order valence-corrected chi connectivity index (χ2v) is 8.47. The van der Waals surface area contributed by atoms with Crippen LogP contribution >= 0.6 is 15.9 Å². The third-order valence-corrected chi connectivity index (χ3v) is 5.92. The Morgan fingerprint density at radius 2 is 1.97 bits per heavy atom. The molecular formula is C25H20BrN5O. The summed E-state index contributed by atoms with van der Waals surface area (Å²) in [5.41, 5.74) is 4.84. The fraction of sp³-hybridized carbons (Fsp3) is 0.0800. The Bertz CT molecular complexity index is 1470. The summed E-state index contributed by atoms with van der Waals surface area (Å²) in [6, 6.07) is 19.7. The topological polar surface area (TPSA) is 75.6 Å². The van der Waals surface area contributed by atoms with E-state index in [-0.39, 0.29) is 5.91 Å². The van der Waals surface area contributed by atoms with Crippen molar-refractivity contribution in [1.29, 1.82) is 0 Å². The molecule has 0 saturated heterocycles. The number of aromatic nitrogens is 4. The lowest BCUT2D eigenvalue weighted by molar-refractivity contribution is -0.115. The fourth-order valence-corrected chi connectivity index (χ4v) is 4.20. The van der Waals surface area contributed by atoms with Crippen molar-refractivity contribution in [2.75, 3.05) is 0 Å². The second kappa shape index (κ2) is 8.43. The number of aromatic amines is 1. The average Bonchev–Trinajstić information content (AvgIpc) is 3.37. The van der Waals surface area contributed by atoms with E-state index in [0.717, 1.165) is 37.6 Å². The van der Waals surface area contributed by atoms with Gasteiger partial charge in [0.15, 0.2) is 5.65 Å². The van der Waals surface area contributed by atoms with Crippen LogP contribution in [0, 0.1) is 0 Å². The summed E-state index contributed by atoms with van der Waals surface area (Å²) < 4.78 is 2.99. The Hall–Kier alpha value is -3.71. The fourth-order valence-electron chi connectivity index (χ4n) is 3.84. The van der Waals surface area contributed by atoms with Crippen LogP contribution in [0.4, 0.5) is 0 Å². The summed E-state index contributed by atoms with van der Waals surface area (Å²) in [6.07, 6.45) is 5.54. The van der Waals surface area contributed by atoms with Gasteiger partial charge in [-0.2, -0.15) is 5.10 Å². The first kappa shape index (κ1) is 20.2. The molecule has 158 valence electrons. The molecule has 3 heterocycles. The number of aryl methyl sites for hydroxylation is 1. The molecule has 0 bridgehead atoms. The molecule has 2 N–H and O–H groups in total. The Balaban J connectivity index is 1.62. The molecule has 5 aromatic rings. The molecule has 0 unspecified atom stereocenters. The Kier molecular flexibility index (Phi) is 5.33. The van der Waals surface area contributed by atoms with Crippen molar-refractivity contribution in [3.05, 3.63) is 94.4 Å². The van der Waals surface area contributed by atoms with Crippen LogP contribution in [-0.4, -0.2) is 25.7 Å². The van der Waals surface area contributed by atoms with Crippen molar-refractivity contribution in [2.24, 2.45) is 7.05 Å². The van der Waals surface area contributed by atoms with Crippen LogP contribution in [0.3, 0.4) is 0 Å². The molecule has 3 aromatic heterocycles. The molecule has 0 saturated carbocycles. The Morgan fingerprint density at radius 3 is 2.81 bits per heavy atom. The van der Waals surface area contributed by atoms with Gasteiger partial charge in [0.25, 0.3) is 5.91 Å². The van der Waals surface area contributed by atoms with Crippen LogP contribution in [0.1, 0.15) is 16.8 Å². The molecule has 0 aliphatic rings. The highest BCUT2D eigenvalue weighted by molar-refractivity contribution is 9.10. The number of nitrogens with zero attached hydrogens (tertiary/aromatic N) is 3. The number of hydrogen-bond donors (Lipinski definition) is 2. The zero-order valence-electron chi connectivity index (χ0n) is 17.3. The van der Waals surface area contributed by atoms with E-state index < -0.39 is 0 Å². The second-order valence-electron chi connectivity index (χ2n) is 7.55. The molecule has 7 heteroatoms. The van der Waals surface area contributed by atoms with Crippen LogP contribution in [0.2, 0.25) is 0 Å². The van der Waals surface area contributed by atoms with Crippen LogP contribution in [0.15, 0.2) is 77.5 Å². The molecular weight excluding hydrogens is 466 g/mol. The highest BCUT2D eigenvalue weighted by Crippen LogP contribution is 2.31. The van der Waals surface area contributed by atoms with E-state index >= 15 is 0 Å². The van der Waals surface area contributed by atoms with E-state index in [1.54, 1.807) is 6.20 Å². The van der Waals surface area contributed by atoms with E-state index in [1.165, 1.54) is 0 Å². The Labute approximate surface area is 193 Å². The first-order valence-electron chi connectivity index (χ1n) is 10.2. The molecule has 32 heavy (non-hydrogen) atoms. The van der Waals surface area contributed by atoms with Gasteiger partial charge >= 0.3 is 0 Å². The molecule has 6 nitrogen and oxygen atoms in total. The predicted octanol–water partition coefficient (Wildman–Crippen LogP) is 5.07. The Morgan fingerprint density at radius 1 is 1.12 bits per heavy atom. The van der Waals surface area contributed by atoms with Crippen molar-refractivity contribution >= 4 is 55.4 Å². The van der Waals surface area contributed by atoms with Crippen molar-refractivity contribution in [3.8, 4) is 0 Å². The maximum absolute atomic E-state index is 13.5. The van der Waals surface area contributed by atoms with Crippen molar-refractivity contribution in [3.63, 3.8) is 0 Å². The number of halogens is 1. The molecule has 2 aromatic carbocycles. The highest BCUT2D eigenvalue weighted by atomic mass is 79.9. The van der Waals surface area contributed by atoms with Gasteiger partial charge in [0.1, 0.15) is 0 Å². The zero-order valence-corrected chi connectivity index (χ0v) is 18.9. The molecule has 0 atom stereocenters. The molecule has 0 fully saturated rings. The third-order valence-electron chi connectivity index (χ3n) is 5.43. The van der Waals surface area contributed by atoms with E-state index in [0.29, 0.717) is 17.8 Å². The predicted molar refractivity (Wildman–Crippen MR) is 131 cm³/mol. The average molecular weight is 486 g/mol. The van der Waals surface area contributed by atoms with Gasteiger partial charge in [0.05, 0.1) is 11.3 Å². The van der Waals surface area contributed by atoms with Gasteiger partial charge in [-0.05, 0) is 42.0 Å². The van der Waals surface area contributed by atoms with Crippen molar-refractivity contribution < 1.29 is 4.79 Å². The minimum absolute atomic E-state index is 0.159. The number of rotatable bonds is 5. The van der Waals surface area contributed by atoms with Crippen LogP contribution in [-0.2, 0) is 18.4 Å². The number of fused-ring (bicyclic) bond motifs is 2. The van der Waals surface area contributed by atoms with Gasteiger partial charge in [-0.15, -0.1) is 0 Å². The maximum atomic E-state index is 13.5. The zero-order chi connectivity index (χ0) is 22.1. The number of amides is 1. The maximum Gasteiger partial charge on any atom is 0.252 e. The minimum atomic E-state index is -0.159. The van der Waals surface area contributed by atoms with Crippen LogP contribution < -0.4 is 5.32 Å². The van der Waals surface area contributed by atoms with E-state index in [9.17, 15) is 4.79 Å². The molecule has 0 aliphatic heterocycles. The molecule has 0 radical (unpaired) electrons. The van der Waals surface area contributed by atoms with E-state index in [1.807, 2.05) is 84.6 Å². The van der Waals surface area contributed by atoms with Gasteiger partial charge in [-0.1, -0.05) is 46.3 Å². The lowest BCUT2D eigenvalue weighted by atomic mass is 10.0. The molecule has 0 spiro atoms. The third kappa shape index (κ3) is 3.83. The standard InChI is InChI=1S/C25H20BrN5O/c1-31-15-21(19-12-17(26)9-10-23(19)31)20(25(32)28-14-16-6-3-2-4-7-16)13-22-18-8-5-11-27-24(18)30-29-22/h2-13,15H,14H2,1H3,(H,28,32)(H,27,29,30)/b20-13+. The summed E-state index contributed by atoms with van der Waals surface area (Å²) in [7, 11) is 1.98. The lowest BCUT2D eigenvalue weighted by Crippen LogP contribution is -2.23. The number of carbonyl (C=O) groups excluding carboxylic acids is 1. The first-order chi connectivity index (χ1) is 15.6. The van der Waals surface area contributed by atoms with Crippen molar-refractivity contribution in [2.45, 2.75) is 6.54 Å². The van der Waals surface area contributed by atoms with Gasteiger partial charge in [-0.3, -0.25) is 9.89 Å². The summed E-state index contributed by atoms with van der Waals surface area (Å²) in [5.74, 6) is -0.159. The summed E-state index contributed by atoms with van der Waals surface area (Å²) >= 11 is 3.56. The summed E-state index contributed by atoms with van der Waals surface area (Å²) in [4.78, 5) is 17.8.